The first-order chi connectivity index (χ1) is 11.1. The van der Waals surface area contributed by atoms with Crippen molar-refractivity contribution in [3.8, 4) is 0 Å². The first-order valence-electron chi connectivity index (χ1n) is 7.25. The summed E-state index contributed by atoms with van der Waals surface area (Å²) in [5, 5.41) is 10.2. The quantitative estimate of drug-likeness (QED) is 0.781. The van der Waals surface area contributed by atoms with Crippen LogP contribution in [0.25, 0.3) is 0 Å². The van der Waals surface area contributed by atoms with Crippen molar-refractivity contribution in [2.24, 2.45) is 0 Å². The molecule has 1 aromatic heterocycles. The molecule has 0 saturated carbocycles. The van der Waals surface area contributed by atoms with E-state index in [-0.39, 0.29) is 12.4 Å². The van der Waals surface area contributed by atoms with E-state index in [1.54, 1.807) is 36.5 Å². The number of aliphatic hydroxyl groups excluding tert-OH is 1. The lowest BCUT2D eigenvalue weighted by atomic mass is 9.97. The van der Waals surface area contributed by atoms with Crippen LogP contribution in [0.2, 0.25) is 5.02 Å². The molecule has 1 heterocycles. The minimum absolute atomic E-state index is 0.167. The second kappa shape index (κ2) is 6.52. The standard InChI is InChI=1S/C18H16ClFN2O/c1-12-21-10-15(11-23)22(12)18(13-6-8-14(19)9-7-13)16-4-2-3-5-17(16)20/h2-10,18,23H,11H2,1H3. The van der Waals surface area contributed by atoms with Gasteiger partial charge in [0.25, 0.3) is 0 Å². The van der Waals surface area contributed by atoms with E-state index in [0.717, 1.165) is 5.56 Å². The van der Waals surface area contributed by atoms with Gasteiger partial charge in [-0.2, -0.15) is 0 Å². The Bertz CT molecular complexity index is 814. The van der Waals surface area contributed by atoms with Gasteiger partial charge in [0.05, 0.1) is 24.5 Å². The van der Waals surface area contributed by atoms with E-state index in [2.05, 4.69) is 4.98 Å². The van der Waals surface area contributed by atoms with Crippen molar-refractivity contribution in [3.05, 3.63) is 88.2 Å². The average Bonchev–Trinajstić information content (AvgIpc) is 2.92. The van der Waals surface area contributed by atoms with Crippen molar-refractivity contribution < 1.29 is 9.50 Å². The Hall–Kier alpha value is -2.17. The lowest BCUT2D eigenvalue weighted by Gasteiger charge is -2.24. The first-order valence-corrected chi connectivity index (χ1v) is 7.63. The molecule has 1 atom stereocenters. The Morgan fingerprint density at radius 2 is 1.87 bits per heavy atom. The zero-order valence-corrected chi connectivity index (χ0v) is 13.3. The Kier molecular flexibility index (Phi) is 4.46. The van der Waals surface area contributed by atoms with E-state index in [1.807, 2.05) is 23.6 Å². The molecule has 0 aliphatic carbocycles. The number of aliphatic hydroxyl groups is 1. The molecule has 118 valence electrons. The maximum absolute atomic E-state index is 14.4. The number of benzene rings is 2. The van der Waals surface area contributed by atoms with Crippen LogP contribution in [0, 0.1) is 12.7 Å². The summed E-state index contributed by atoms with van der Waals surface area (Å²) in [6.07, 6.45) is 1.61. The number of hydrogen-bond acceptors (Lipinski definition) is 2. The van der Waals surface area contributed by atoms with Gasteiger partial charge in [-0.15, -0.1) is 0 Å². The van der Waals surface area contributed by atoms with Gasteiger partial charge in [-0.05, 0) is 30.7 Å². The van der Waals surface area contributed by atoms with E-state index < -0.39 is 6.04 Å². The number of imidazole rings is 1. The summed E-state index contributed by atoms with van der Waals surface area (Å²) >= 11 is 5.98. The molecule has 0 fully saturated rings. The highest BCUT2D eigenvalue weighted by Gasteiger charge is 2.23. The van der Waals surface area contributed by atoms with E-state index in [9.17, 15) is 9.50 Å². The van der Waals surface area contributed by atoms with E-state index in [0.29, 0.717) is 22.1 Å². The molecule has 0 aliphatic rings. The highest BCUT2D eigenvalue weighted by molar-refractivity contribution is 6.30. The van der Waals surface area contributed by atoms with Crippen LogP contribution in [0.4, 0.5) is 4.39 Å². The third kappa shape index (κ3) is 3.00. The van der Waals surface area contributed by atoms with Crippen molar-refractivity contribution in [1.29, 1.82) is 0 Å². The van der Waals surface area contributed by atoms with Gasteiger partial charge in [-0.1, -0.05) is 41.9 Å². The zero-order valence-electron chi connectivity index (χ0n) is 12.6. The van der Waals surface area contributed by atoms with Gasteiger partial charge < -0.3 is 9.67 Å². The smallest absolute Gasteiger partial charge is 0.128 e. The summed E-state index contributed by atoms with van der Waals surface area (Å²) in [6.45, 7) is 1.67. The summed E-state index contributed by atoms with van der Waals surface area (Å²) in [4.78, 5) is 4.26. The van der Waals surface area contributed by atoms with Crippen LogP contribution in [0.1, 0.15) is 28.7 Å². The van der Waals surface area contributed by atoms with Crippen molar-refractivity contribution in [2.45, 2.75) is 19.6 Å². The van der Waals surface area contributed by atoms with Crippen LogP contribution in [0.3, 0.4) is 0 Å². The lowest BCUT2D eigenvalue weighted by Crippen LogP contribution is -2.17. The summed E-state index contributed by atoms with van der Waals surface area (Å²) in [7, 11) is 0. The predicted molar refractivity (Wildman–Crippen MR) is 88.0 cm³/mol. The van der Waals surface area contributed by atoms with Gasteiger partial charge in [0.1, 0.15) is 11.6 Å². The third-order valence-electron chi connectivity index (χ3n) is 3.86. The molecule has 2 aromatic carbocycles. The Labute approximate surface area is 139 Å². The highest BCUT2D eigenvalue weighted by atomic mass is 35.5. The summed E-state index contributed by atoms with van der Waals surface area (Å²) in [5.41, 5.74) is 2.02. The van der Waals surface area contributed by atoms with Crippen LogP contribution < -0.4 is 0 Å². The molecule has 3 aromatic rings. The number of hydrogen-bond donors (Lipinski definition) is 1. The highest BCUT2D eigenvalue weighted by Crippen LogP contribution is 2.31. The van der Waals surface area contributed by atoms with Crippen LogP contribution in [-0.2, 0) is 6.61 Å². The van der Waals surface area contributed by atoms with E-state index in [1.165, 1.54) is 6.07 Å². The fourth-order valence-electron chi connectivity index (χ4n) is 2.78. The average molecular weight is 331 g/mol. The van der Waals surface area contributed by atoms with Gasteiger partial charge >= 0.3 is 0 Å². The van der Waals surface area contributed by atoms with Gasteiger partial charge in [-0.25, -0.2) is 9.37 Å². The van der Waals surface area contributed by atoms with Gasteiger partial charge in [0.15, 0.2) is 0 Å². The van der Waals surface area contributed by atoms with Crippen LogP contribution in [0.5, 0.6) is 0 Å². The monoisotopic (exact) mass is 330 g/mol. The fraction of sp³-hybridized carbons (Fsp3) is 0.167. The molecule has 0 aliphatic heterocycles. The van der Waals surface area contributed by atoms with Gasteiger partial charge in [0.2, 0.25) is 0 Å². The van der Waals surface area contributed by atoms with Crippen LogP contribution in [0.15, 0.2) is 54.7 Å². The number of rotatable bonds is 4. The van der Waals surface area contributed by atoms with Gasteiger partial charge in [0, 0.05) is 10.6 Å². The molecule has 23 heavy (non-hydrogen) atoms. The molecule has 0 saturated heterocycles. The Morgan fingerprint density at radius 1 is 1.17 bits per heavy atom. The molecule has 3 nitrogen and oxygen atoms in total. The number of nitrogens with zero attached hydrogens (tertiary/aromatic N) is 2. The molecule has 0 amide bonds. The number of halogens is 2. The Balaban J connectivity index is 2.24. The summed E-state index contributed by atoms with van der Waals surface area (Å²) < 4.78 is 16.3. The molecule has 5 heteroatoms. The maximum atomic E-state index is 14.4. The predicted octanol–water partition coefficient (Wildman–Crippen LogP) is 4.11. The SMILES string of the molecule is Cc1ncc(CO)n1C(c1ccc(Cl)cc1)c1ccccc1F. The minimum atomic E-state index is -0.418. The Morgan fingerprint density at radius 3 is 2.52 bits per heavy atom. The van der Waals surface area contributed by atoms with Crippen molar-refractivity contribution in [1.82, 2.24) is 9.55 Å². The molecular weight excluding hydrogens is 315 g/mol. The number of aryl methyl sites for hydroxylation is 1. The van der Waals surface area contributed by atoms with Gasteiger partial charge in [-0.3, -0.25) is 0 Å². The van der Waals surface area contributed by atoms with E-state index >= 15 is 0 Å². The fourth-order valence-corrected chi connectivity index (χ4v) is 2.91. The van der Waals surface area contributed by atoms with E-state index in [4.69, 9.17) is 11.6 Å². The second-order valence-electron chi connectivity index (χ2n) is 5.30. The molecule has 1 unspecified atom stereocenters. The summed E-state index contributed by atoms with van der Waals surface area (Å²) in [5.74, 6) is 0.404. The minimum Gasteiger partial charge on any atom is -0.390 e. The molecule has 1 N–H and O–H groups in total. The molecule has 0 spiro atoms. The zero-order chi connectivity index (χ0) is 16.4. The number of aromatic nitrogens is 2. The van der Waals surface area contributed by atoms with Crippen molar-refractivity contribution in [2.75, 3.05) is 0 Å². The third-order valence-corrected chi connectivity index (χ3v) is 4.12. The van der Waals surface area contributed by atoms with Crippen molar-refractivity contribution in [3.63, 3.8) is 0 Å². The largest absolute Gasteiger partial charge is 0.390 e. The molecule has 0 radical (unpaired) electrons. The topological polar surface area (TPSA) is 38.1 Å². The van der Waals surface area contributed by atoms with Crippen LogP contribution in [-0.4, -0.2) is 14.7 Å². The molecule has 3 rings (SSSR count). The molecule has 0 bridgehead atoms. The maximum Gasteiger partial charge on any atom is 0.128 e. The normalized spacial score (nSPS) is 12.3. The second-order valence-corrected chi connectivity index (χ2v) is 5.74. The lowest BCUT2D eigenvalue weighted by molar-refractivity contribution is 0.269. The first kappa shape index (κ1) is 15.7. The summed E-state index contributed by atoms with van der Waals surface area (Å²) in [6, 6.07) is 13.5. The van der Waals surface area contributed by atoms with Crippen molar-refractivity contribution >= 4 is 11.6 Å². The molecular formula is C18H16ClFN2O. The van der Waals surface area contributed by atoms with Crippen LogP contribution >= 0.6 is 11.6 Å².